The van der Waals surface area contributed by atoms with Crippen LogP contribution in [0.4, 0.5) is 5.69 Å². The molecular formula is C18H16Cl2N2O5. The maximum absolute atomic E-state index is 12.3. The molecule has 2 aromatic rings. The Hall–Kier alpha value is -2.64. The Morgan fingerprint density at radius 1 is 1.22 bits per heavy atom. The van der Waals surface area contributed by atoms with Crippen LogP contribution >= 0.6 is 23.2 Å². The number of benzene rings is 2. The molecule has 0 bridgehead atoms. The van der Waals surface area contributed by atoms with E-state index in [0.29, 0.717) is 21.2 Å². The molecule has 0 unspecified atom stereocenters. The Bertz CT molecular complexity index is 873. The summed E-state index contributed by atoms with van der Waals surface area (Å²) < 4.78 is 4.74. The van der Waals surface area contributed by atoms with Crippen molar-refractivity contribution in [2.24, 2.45) is 0 Å². The van der Waals surface area contributed by atoms with Gasteiger partial charge in [-0.1, -0.05) is 41.4 Å². The highest BCUT2D eigenvalue weighted by Crippen LogP contribution is 2.22. The van der Waals surface area contributed by atoms with E-state index in [1.165, 1.54) is 31.4 Å². The van der Waals surface area contributed by atoms with E-state index in [0.717, 1.165) is 0 Å². The molecule has 0 heterocycles. The number of methoxy groups -OCH3 is 1. The number of non-ortho nitro benzene ring substituents is 1. The zero-order chi connectivity index (χ0) is 20.0. The lowest BCUT2D eigenvalue weighted by Gasteiger charge is -2.17. The molecular weight excluding hydrogens is 395 g/mol. The maximum Gasteiger partial charge on any atom is 0.328 e. The van der Waals surface area contributed by atoms with E-state index in [4.69, 9.17) is 27.9 Å². The summed E-state index contributed by atoms with van der Waals surface area (Å²) in [5, 5.41) is 14.2. The Kier molecular flexibility index (Phi) is 7.15. The quantitative estimate of drug-likeness (QED) is 0.428. The van der Waals surface area contributed by atoms with Crippen molar-refractivity contribution in [1.29, 1.82) is 0 Å². The van der Waals surface area contributed by atoms with Gasteiger partial charge in [-0.15, -0.1) is 0 Å². The van der Waals surface area contributed by atoms with Crippen LogP contribution < -0.4 is 5.32 Å². The molecule has 1 atom stereocenters. The molecule has 0 aromatic heterocycles. The van der Waals surface area contributed by atoms with Crippen LogP contribution in [0.5, 0.6) is 0 Å². The second kappa shape index (κ2) is 9.34. The molecule has 27 heavy (non-hydrogen) atoms. The first-order valence-corrected chi connectivity index (χ1v) is 8.60. The number of amides is 1. The number of hydrogen-bond donors (Lipinski definition) is 1. The van der Waals surface area contributed by atoms with Gasteiger partial charge >= 0.3 is 5.97 Å². The minimum atomic E-state index is -0.958. The van der Waals surface area contributed by atoms with Crippen molar-refractivity contribution in [1.82, 2.24) is 5.32 Å². The third kappa shape index (κ3) is 5.94. The molecule has 0 aliphatic rings. The fraction of sp³-hybridized carbons (Fsp3) is 0.222. The minimum absolute atomic E-state index is 0.113. The van der Waals surface area contributed by atoms with Crippen LogP contribution in [0.25, 0.3) is 0 Å². The van der Waals surface area contributed by atoms with Crippen LogP contribution in [0.15, 0.2) is 42.5 Å². The molecule has 142 valence electrons. The van der Waals surface area contributed by atoms with E-state index in [9.17, 15) is 19.7 Å². The molecule has 0 radical (unpaired) electrons. The Morgan fingerprint density at radius 3 is 2.59 bits per heavy atom. The summed E-state index contributed by atoms with van der Waals surface area (Å²) in [6.07, 6.45) is -0.00707. The molecule has 0 saturated carbocycles. The number of nitro groups is 1. The smallest absolute Gasteiger partial charge is 0.328 e. The van der Waals surface area contributed by atoms with Crippen molar-refractivity contribution >= 4 is 40.8 Å². The topological polar surface area (TPSA) is 98.5 Å². The Morgan fingerprint density at radius 2 is 1.96 bits per heavy atom. The predicted octanol–water partition coefficient (Wildman–Crippen LogP) is 3.34. The molecule has 9 heteroatoms. The molecule has 0 aliphatic heterocycles. The maximum atomic E-state index is 12.3. The second-order valence-corrected chi connectivity index (χ2v) is 6.53. The number of esters is 1. The van der Waals surface area contributed by atoms with Crippen LogP contribution in [0.1, 0.15) is 11.1 Å². The van der Waals surface area contributed by atoms with Crippen molar-refractivity contribution in [2.75, 3.05) is 7.11 Å². The average molecular weight is 411 g/mol. The van der Waals surface area contributed by atoms with Crippen molar-refractivity contribution in [3.05, 3.63) is 73.8 Å². The van der Waals surface area contributed by atoms with Crippen LogP contribution in [0, 0.1) is 10.1 Å². The van der Waals surface area contributed by atoms with Crippen LogP contribution in [-0.4, -0.2) is 30.0 Å². The molecule has 7 nitrogen and oxygen atoms in total. The highest BCUT2D eigenvalue weighted by atomic mass is 35.5. The van der Waals surface area contributed by atoms with Gasteiger partial charge in [0.05, 0.1) is 18.5 Å². The molecule has 2 aromatic carbocycles. The summed E-state index contributed by atoms with van der Waals surface area (Å²) in [6, 6.07) is 9.60. The first-order valence-electron chi connectivity index (χ1n) is 7.84. The van der Waals surface area contributed by atoms with Gasteiger partial charge < -0.3 is 10.1 Å². The van der Waals surface area contributed by atoms with Crippen LogP contribution in [0.3, 0.4) is 0 Å². The number of halogens is 2. The largest absolute Gasteiger partial charge is 0.467 e. The molecule has 0 saturated heterocycles. The van der Waals surface area contributed by atoms with Gasteiger partial charge in [0.25, 0.3) is 5.69 Å². The number of nitrogens with one attached hydrogen (secondary N) is 1. The molecule has 1 amide bonds. The number of carbonyl (C=O) groups is 2. The second-order valence-electron chi connectivity index (χ2n) is 5.69. The summed E-state index contributed by atoms with van der Waals surface area (Å²) >= 11 is 12.0. The van der Waals surface area contributed by atoms with E-state index < -0.39 is 22.8 Å². The van der Waals surface area contributed by atoms with Gasteiger partial charge in [0.1, 0.15) is 6.04 Å². The fourth-order valence-corrected chi connectivity index (χ4v) is 2.94. The highest BCUT2D eigenvalue weighted by molar-refractivity contribution is 6.35. The average Bonchev–Trinajstić information content (AvgIpc) is 2.62. The summed E-state index contributed by atoms with van der Waals surface area (Å²) in [5.74, 6) is -1.11. The molecule has 0 spiro atoms. The zero-order valence-corrected chi connectivity index (χ0v) is 15.8. The van der Waals surface area contributed by atoms with E-state index in [1.54, 1.807) is 18.2 Å². The first-order chi connectivity index (χ1) is 12.8. The Labute approximate surface area is 165 Å². The number of nitrogens with zero attached hydrogens (tertiary/aromatic N) is 1. The van der Waals surface area contributed by atoms with Gasteiger partial charge in [0, 0.05) is 28.6 Å². The van der Waals surface area contributed by atoms with E-state index >= 15 is 0 Å². The van der Waals surface area contributed by atoms with Crippen LogP contribution in [0.2, 0.25) is 10.0 Å². The van der Waals surface area contributed by atoms with Crippen molar-refractivity contribution in [2.45, 2.75) is 18.9 Å². The minimum Gasteiger partial charge on any atom is -0.467 e. The number of hydrogen-bond acceptors (Lipinski definition) is 5. The zero-order valence-electron chi connectivity index (χ0n) is 14.3. The van der Waals surface area contributed by atoms with E-state index in [1.807, 2.05) is 0 Å². The summed E-state index contributed by atoms with van der Waals surface area (Å²) in [5.41, 5.74) is 0.958. The summed E-state index contributed by atoms with van der Waals surface area (Å²) in [4.78, 5) is 34.6. The monoisotopic (exact) mass is 410 g/mol. The van der Waals surface area contributed by atoms with E-state index in [-0.39, 0.29) is 18.5 Å². The third-order valence-electron chi connectivity index (χ3n) is 3.75. The summed E-state index contributed by atoms with van der Waals surface area (Å²) in [7, 11) is 1.21. The number of rotatable bonds is 7. The third-order valence-corrected chi connectivity index (χ3v) is 4.33. The predicted molar refractivity (Wildman–Crippen MR) is 101 cm³/mol. The lowest BCUT2D eigenvalue weighted by molar-refractivity contribution is -0.384. The normalized spacial score (nSPS) is 11.5. The highest BCUT2D eigenvalue weighted by Gasteiger charge is 2.23. The SMILES string of the molecule is COC(=O)[C@H](Cc1ccc(Cl)cc1Cl)NC(=O)Cc1cccc([N+](=O)[O-])c1. The number of carbonyl (C=O) groups excluding carboxylic acids is 2. The first kappa shape index (κ1) is 20.7. The summed E-state index contributed by atoms with van der Waals surface area (Å²) in [6.45, 7) is 0. The molecule has 2 rings (SSSR count). The van der Waals surface area contributed by atoms with Crippen molar-refractivity contribution in [3.8, 4) is 0 Å². The van der Waals surface area contributed by atoms with Crippen molar-refractivity contribution < 1.29 is 19.2 Å². The lowest BCUT2D eigenvalue weighted by Crippen LogP contribution is -2.43. The van der Waals surface area contributed by atoms with E-state index in [2.05, 4.69) is 5.32 Å². The van der Waals surface area contributed by atoms with Gasteiger partial charge in [-0.2, -0.15) is 0 Å². The van der Waals surface area contributed by atoms with Gasteiger partial charge in [0.2, 0.25) is 5.91 Å². The lowest BCUT2D eigenvalue weighted by atomic mass is 10.0. The molecule has 0 fully saturated rings. The van der Waals surface area contributed by atoms with Crippen molar-refractivity contribution in [3.63, 3.8) is 0 Å². The van der Waals surface area contributed by atoms with Gasteiger partial charge in [-0.25, -0.2) is 4.79 Å². The van der Waals surface area contributed by atoms with Gasteiger partial charge in [0.15, 0.2) is 0 Å². The van der Waals surface area contributed by atoms with Crippen LogP contribution in [-0.2, 0) is 27.2 Å². The van der Waals surface area contributed by atoms with Gasteiger partial charge in [-0.05, 0) is 23.3 Å². The Balaban J connectivity index is 2.11. The van der Waals surface area contributed by atoms with Gasteiger partial charge in [-0.3, -0.25) is 14.9 Å². The fourth-order valence-electron chi connectivity index (χ4n) is 2.45. The standard InChI is InChI=1S/C18H16Cl2N2O5/c1-27-18(24)16(9-12-5-6-13(19)10-15(12)20)21-17(23)8-11-3-2-4-14(7-11)22(25)26/h2-7,10,16H,8-9H2,1H3,(H,21,23)/t16-/m0/s1. The number of ether oxygens (including phenoxy) is 1. The molecule has 0 aliphatic carbocycles. The molecule has 1 N–H and O–H groups in total. The number of nitro benzene ring substituents is 1.